The second-order valence-electron chi connectivity index (χ2n) is 9.14. The number of alkyl halides is 3. The molecule has 3 nitrogen and oxygen atoms in total. The lowest BCUT2D eigenvalue weighted by molar-refractivity contribution is -0.136. The van der Waals surface area contributed by atoms with Crippen LogP contribution in [0.25, 0.3) is 0 Å². The summed E-state index contributed by atoms with van der Waals surface area (Å²) in [6.45, 7) is 8.50. The summed E-state index contributed by atoms with van der Waals surface area (Å²) in [5.74, 6) is 0.0765. The van der Waals surface area contributed by atoms with Crippen LogP contribution >= 0.6 is 0 Å². The molecule has 0 amide bonds. The van der Waals surface area contributed by atoms with Gasteiger partial charge in [0.05, 0.1) is 11.3 Å². The molecule has 0 spiro atoms. The average molecular weight is 403 g/mol. The van der Waals surface area contributed by atoms with Crippen molar-refractivity contribution in [2.45, 2.75) is 57.3 Å². The smallest absolute Gasteiger partial charge is 0.381 e. The first-order valence-electron chi connectivity index (χ1n) is 10.2. The summed E-state index contributed by atoms with van der Waals surface area (Å²) in [4.78, 5) is 0. The lowest BCUT2D eigenvalue weighted by Crippen LogP contribution is -2.38. The van der Waals surface area contributed by atoms with Crippen molar-refractivity contribution < 1.29 is 13.2 Å². The second kappa shape index (κ2) is 7.24. The van der Waals surface area contributed by atoms with Crippen LogP contribution in [0.5, 0.6) is 0 Å². The van der Waals surface area contributed by atoms with E-state index in [1.54, 1.807) is 0 Å². The fourth-order valence-electron chi connectivity index (χ4n) is 4.31. The van der Waals surface area contributed by atoms with Gasteiger partial charge in [0, 0.05) is 30.7 Å². The first-order valence-corrected chi connectivity index (χ1v) is 10.2. The Kier molecular flexibility index (Phi) is 5.01. The Hall–Kier alpha value is -2.21. The van der Waals surface area contributed by atoms with Gasteiger partial charge in [-0.2, -0.15) is 13.2 Å². The molecule has 0 unspecified atom stereocenters. The van der Waals surface area contributed by atoms with Crippen LogP contribution in [0.4, 0.5) is 24.5 Å². The van der Waals surface area contributed by atoms with Gasteiger partial charge in [-0.15, -0.1) is 0 Å². The zero-order chi connectivity index (χ0) is 20.8. The van der Waals surface area contributed by atoms with Gasteiger partial charge in [0.15, 0.2) is 0 Å². The average Bonchev–Trinajstić information content (AvgIpc) is 3.03. The molecule has 2 aromatic rings. The number of benzene rings is 2. The molecule has 6 heteroatoms. The number of hydrogen-bond acceptors (Lipinski definition) is 3. The van der Waals surface area contributed by atoms with Crippen molar-refractivity contribution in [3.63, 3.8) is 0 Å². The van der Waals surface area contributed by atoms with Crippen molar-refractivity contribution in [3.8, 4) is 0 Å². The molecule has 1 saturated heterocycles. The van der Waals surface area contributed by atoms with Gasteiger partial charge in [0.2, 0.25) is 0 Å². The number of nitrogens with one attached hydrogen (secondary N) is 3. The summed E-state index contributed by atoms with van der Waals surface area (Å²) in [6.07, 6.45) is -3.55. The number of fused-ring (bicyclic) bond motifs is 3. The molecule has 0 radical (unpaired) electrons. The third-order valence-electron chi connectivity index (χ3n) is 6.00. The van der Waals surface area contributed by atoms with Crippen LogP contribution in [-0.2, 0) is 18.1 Å². The Balaban J connectivity index is 1.58. The molecule has 0 bridgehead atoms. The van der Waals surface area contributed by atoms with Crippen LogP contribution in [0.2, 0.25) is 0 Å². The first kappa shape index (κ1) is 20.1. The van der Waals surface area contributed by atoms with Crippen LogP contribution < -0.4 is 16.0 Å². The molecule has 0 saturated carbocycles. The number of anilines is 2. The third-order valence-corrected chi connectivity index (χ3v) is 6.00. The van der Waals surface area contributed by atoms with E-state index in [0.29, 0.717) is 18.8 Å². The number of hydrogen-bond donors (Lipinski definition) is 3. The molecule has 2 atom stereocenters. The van der Waals surface area contributed by atoms with E-state index in [1.165, 1.54) is 11.6 Å². The Morgan fingerprint density at radius 1 is 1.07 bits per heavy atom. The zero-order valence-electron chi connectivity index (χ0n) is 17.1. The Labute approximate surface area is 170 Å². The van der Waals surface area contributed by atoms with E-state index in [1.807, 2.05) is 18.2 Å². The van der Waals surface area contributed by atoms with Crippen LogP contribution in [0.1, 0.15) is 55.4 Å². The molecule has 4 rings (SSSR count). The maximum Gasteiger partial charge on any atom is 0.418 e. The maximum atomic E-state index is 13.7. The molecule has 0 aromatic heterocycles. The van der Waals surface area contributed by atoms with Gasteiger partial charge < -0.3 is 16.0 Å². The Morgan fingerprint density at radius 3 is 2.45 bits per heavy atom. The summed E-state index contributed by atoms with van der Waals surface area (Å²) in [5, 5.41) is 9.66. The SMILES string of the molecule is CC(C)(C)c1ccc(CNc2cc3c(c(C(F)(F)F)c2)N[C@@H]2CCNC[C@H]32)cc1. The predicted octanol–water partition coefficient (Wildman–Crippen LogP) is 5.49. The van der Waals surface area contributed by atoms with Gasteiger partial charge >= 0.3 is 6.18 Å². The number of rotatable bonds is 3. The molecule has 29 heavy (non-hydrogen) atoms. The van der Waals surface area contributed by atoms with Crippen LogP contribution in [0.15, 0.2) is 36.4 Å². The van der Waals surface area contributed by atoms with Crippen LogP contribution in [-0.4, -0.2) is 19.1 Å². The highest BCUT2D eigenvalue weighted by atomic mass is 19.4. The van der Waals surface area contributed by atoms with E-state index in [4.69, 9.17) is 0 Å². The van der Waals surface area contributed by atoms with Gasteiger partial charge in [-0.1, -0.05) is 45.0 Å². The lowest BCUT2D eigenvalue weighted by atomic mass is 9.87. The lowest BCUT2D eigenvalue weighted by Gasteiger charge is -2.26. The van der Waals surface area contributed by atoms with Crippen LogP contribution in [0.3, 0.4) is 0 Å². The largest absolute Gasteiger partial charge is 0.418 e. The molecule has 2 aliphatic heterocycles. The molecular formula is C23H28F3N3. The summed E-state index contributed by atoms with van der Waals surface area (Å²) >= 11 is 0. The minimum Gasteiger partial charge on any atom is -0.381 e. The number of halogens is 3. The van der Waals surface area contributed by atoms with Gasteiger partial charge in [0.25, 0.3) is 0 Å². The molecule has 3 N–H and O–H groups in total. The highest BCUT2D eigenvalue weighted by molar-refractivity contribution is 5.71. The molecule has 0 aliphatic carbocycles. The van der Waals surface area contributed by atoms with Crippen molar-refractivity contribution in [3.05, 3.63) is 58.7 Å². The van der Waals surface area contributed by atoms with Crippen molar-refractivity contribution in [2.24, 2.45) is 0 Å². The van der Waals surface area contributed by atoms with E-state index in [-0.39, 0.29) is 23.1 Å². The fourth-order valence-corrected chi connectivity index (χ4v) is 4.31. The highest BCUT2D eigenvalue weighted by Gasteiger charge is 2.42. The van der Waals surface area contributed by atoms with E-state index in [9.17, 15) is 13.2 Å². The van der Waals surface area contributed by atoms with Crippen molar-refractivity contribution >= 4 is 11.4 Å². The monoisotopic (exact) mass is 403 g/mol. The molecular weight excluding hydrogens is 375 g/mol. The highest BCUT2D eigenvalue weighted by Crippen LogP contribution is 2.47. The standard InChI is InChI=1S/C23H28F3N3/c1-22(2,3)15-6-4-14(5-7-15)12-28-16-10-17-18-13-27-9-8-20(18)29-21(17)19(11-16)23(24,25)26/h4-7,10-11,18,20,27-29H,8-9,12-13H2,1-3H3/t18-,20-/m1/s1. The molecule has 2 aromatic carbocycles. The van der Waals surface area contributed by atoms with Crippen LogP contribution in [0, 0.1) is 0 Å². The Bertz CT molecular complexity index is 882. The quantitative estimate of drug-likeness (QED) is 0.635. The fraction of sp³-hybridized carbons (Fsp3) is 0.478. The molecule has 2 heterocycles. The molecule has 1 fully saturated rings. The minimum atomic E-state index is -4.38. The Morgan fingerprint density at radius 2 is 1.79 bits per heavy atom. The van der Waals surface area contributed by atoms with Crippen molar-refractivity contribution in [1.82, 2.24) is 5.32 Å². The van der Waals surface area contributed by atoms with Gasteiger partial charge in [-0.3, -0.25) is 0 Å². The topological polar surface area (TPSA) is 36.1 Å². The third kappa shape index (κ3) is 4.08. The zero-order valence-corrected chi connectivity index (χ0v) is 17.1. The molecule has 156 valence electrons. The summed E-state index contributed by atoms with van der Waals surface area (Å²) in [6, 6.07) is 11.4. The van der Waals surface area contributed by atoms with E-state index >= 15 is 0 Å². The van der Waals surface area contributed by atoms with Gasteiger partial charge in [-0.25, -0.2) is 0 Å². The second-order valence-corrected chi connectivity index (χ2v) is 9.14. The summed E-state index contributed by atoms with van der Waals surface area (Å²) < 4.78 is 41.2. The van der Waals surface area contributed by atoms with Crippen molar-refractivity contribution in [2.75, 3.05) is 23.7 Å². The van der Waals surface area contributed by atoms with Crippen molar-refractivity contribution in [1.29, 1.82) is 0 Å². The summed E-state index contributed by atoms with van der Waals surface area (Å²) in [5.41, 5.74) is 3.32. The number of piperidine rings is 1. The first-order chi connectivity index (χ1) is 13.6. The van der Waals surface area contributed by atoms with E-state index in [0.717, 1.165) is 24.1 Å². The van der Waals surface area contributed by atoms with E-state index in [2.05, 4.69) is 48.9 Å². The maximum absolute atomic E-state index is 13.7. The van der Waals surface area contributed by atoms with Gasteiger partial charge in [0.1, 0.15) is 0 Å². The van der Waals surface area contributed by atoms with E-state index < -0.39 is 11.7 Å². The summed E-state index contributed by atoms with van der Waals surface area (Å²) in [7, 11) is 0. The van der Waals surface area contributed by atoms with Gasteiger partial charge in [-0.05, 0) is 47.2 Å². The molecule has 2 aliphatic rings. The predicted molar refractivity (Wildman–Crippen MR) is 112 cm³/mol. The minimum absolute atomic E-state index is 0.0745. The normalized spacial score (nSPS) is 21.3.